The van der Waals surface area contributed by atoms with E-state index in [9.17, 15) is 9.59 Å². The molecule has 0 spiro atoms. The monoisotopic (exact) mass is 489 g/mol. The van der Waals surface area contributed by atoms with Gasteiger partial charge >= 0.3 is 0 Å². The minimum Gasteiger partial charge on any atom is -0.483 e. The Bertz CT molecular complexity index is 1260. The molecular weight excluding hydrogens is 470 g/mol. The molecule has 4 aromatic rings. The zero-order valence-electron chi connectivity index (χ0n) is 17.0. The van der Waals surface area contributed by atoms with Crippen LogP contribution in [0.25, 0.3) is 10.8 Å². The molecule has 6 nitrogen and oxygen atoms in total. The number of carbonyl (C=O) groups excluding carboxylic acids is 2. The second-order valence-corrected chi connectivity index (χ2v) is 7.82. The van der Waals surface area contributed by atoms with Gasteiger partial charge in [0.15, 0.2) is 6.61 Å². The average molecular weight is 490 g/mol. The Morgan fingerprint density at radius 1 is 0.938 bits per heavy atom. The first-order chi connectivity index (χ1) is 15.6. The SMILES string of the molecule is O=C(COc1ccc2ccccc2c1Br)Nc1ccccc1C(=O)NCc1cccnc1. The highest BCUT2D eigenvalue weighted by molar-refractivity contribution is 9.10. The Morgan fingerprint density at radius 2 is 1.75 bits per heavy atom. The fourth-order valence-corrected chi connectivity index (χ4v) is 3.83. The Hall–Kier alpha value is -3.71. The van der Waals surface area contributed by atoms with Gasteiger partial charge in [0.1, 0.15) is 5.75 Å². The maximum atomic E-state index is 12.6. The number of anilines is 1. The van der Waals surface area contributed by atoms with Crippen molar-refractivity contribution in [1.82, 2.24) is 10.3 Å². The molecular formula is C25H20BrN3O3. The number of carbonyl (C=O) groups is 2. The number of ether oxygens (including phenoxy) is 1. The van der Waals surface area contributed by atoms with E-state index < -0.39 is 0 Å². The standard InChI is InChI=1S/C25H20BrN3O3/c26-24-19-8-2-1-7-18(19)11-12-22(24)32-16-23(30)29-21-10-4-3-9-20(21)25(31)28-15-17-6-5-13-27-14-17/h1-14H,15-16H2,(H,28,31)(H,29,30). The van der Waals surface area contributed by atoms with Crippen molar-refractivity contribution < 1.29 is 14.3 Å². The van der Waals surface area contributed by atoms with Crippen LogP contribution in [0.1, 0.15) is 15.9 Å². The second kappa shape index (κ2) is 10.1. The third-order valence-electron chi connectivity index (χ3n) is 4.81. The van der Waals surface area contributed by atoms with Crippen molar-refractivity contribution in [3.63, 3.8) is 0 Å². The molecule has 0 saturated heterocycles. The van der Waals surface area contributed by atoms with E-state index in [0.717, 1.165) is 20.8 Å². The van der Waals surface area contributed by atoms with Crippen molar-refractivity contribution in [2.24, 2.45) is 0 Å². The molecule has 1 heterocycles. The first-order valence-electron chi connectivity index (χ1n) is 9.98. The Balaban J connectivity index is 1.39. The average Bonchev–Trinajstić information content (AvgIpc) is 2.83. The molecule has 0 saturated carbocycles. The van der Waals surface area contributed by atoms with Crippen LogP contribution in [0.5, 0.6) is 5.75 Å². The van der Waals surface area contributed by atoms with Gasteiger partial charge in [-0.05, 0) is 56.5 Å². The molecule has 0 atom stereocenters. The van der Waals surface area contributed by atoms with Gasteiger partial charge in [0, 0.05) is 18.9 Å². The summed E-state index contributed by atoms with van der Waals surface area (Å²) in [7, 11) is 0. The topological polar surface area (TPSA) is 80.3 Å². The van der Waals surface area contributed by atoms with Crippen LogP contribution < -0.4 is 15.4 Å². The molecule has 0 fully saturated rings. The summed E-state index contributed by atoms with van der Waals surface area (Å²) in [6.45, 7) is 0.149. The molecule has 0 unspecified atom stereocenters. The van der Waals surface area contributed by atoms with Gasteiger partial charge in [-0.25, -0.2) is 0 Å². The molecule has 0 aliphatic heterocycles. The number of hydrogen-bond acceptors (Lipinski definition) is 4. The zero-order valence-corrected chi connectivity index (χ0v) is 18.6. The predicted octanol–water partition coefficient (Wildman–Crippen LogP) is 4.94. The molecule has 0 bridgehead atoms. The van der Waals surface area contributed by atoms with E-state index in [1.54, 1.807) is 36.7 Å². The second-order valence-electron chi connectivity index (χ2n) is 7.03. The molecule has 32 heavy (non-hydrogen) atoms. The van der Waals surface area contributed by atoms with Crippen molar-refractivity contribution in [2.45, 2.75) is 6.54 Å². The lowest BCUT2D eigenvalue weighted by molar-refractivity contribution is -0.118. The molecule has 3 aromatic carbocycles. The van der Waals surface area contributed by atoms with Crippen LogP contribution in [-0.4, -0.2) is 23.4 Å². The Labute approximate surface area is 193 Å². The smallest absolute Gasteiger partial charge is 0.262 e. The minimum atomic E-state index is -0.363. The maximum absolute atomic E-state index is 12.6. The van der Waals surface area contributed by atoms with Crippen molar-refractivity contribution in [3.8, 4) is 5.75 Å². The van der Waals surface area contributed by atoms with E-state index in [1.807, 2.05) is 48.5 Å². The van der Waals surface area contributed by atoms with E-state index in [0.29, 0.717) is 23.5 Å². The van der Waals surface area contributed by atoms with Gasteiger partial charge in [0.05, 0.1) is 15.7 Å². The number of nitrogens with zero attached hydrogens (tertiary/aromatic N) is 1. The molecule has 0 radical (unpaired) electrons. The maximum Gasteiger partial charge on any atom is 0.262 e. The number of pyridine rings is 1. The van der Waals surface area contributed by atoms with Gasteiger partial charge in [0.25, 0.3) is 11.8 Å². The highest BCUT2D eigenvalue weighted by atomic mass is 79.9. The third-order valence-corrected chi connectivity index (χ3v) is 5.63. The summed E-state index contributed by atoms with van der Waals surface area (Å²) in [5.41, 5.74) is 1.68. The summed E-state index contributed by atoms with van der Waals surface area (Å²) in [6, 6.07) is 22.2. The van der Waals surface area contributed by atoms with Crippen LogP contribution in [0, 0.1) is 0 Å². The Kier molecular flexibility index (Phi) is 6.77. The molecule has 2 N–H and O–H groups in total. The summed E-state index contributed by atoms with van der Waals surface area (Å²) in [4.78, 5) is 29.2. The van der Waals surface area contributed by atoms with Crippen molar-refractivity contribution in [2.75, 3.05) is 11.9 Å². The van der Waals surface area contributed by atoms with E-state index in [2.05, 4.69) is 31.5 Å². The lowest BCUT2D eigenvalue weighted by atomic mass is 10.1. The van der Waals surface area contributed by atoms with Gasteiger partial charge in [0.2, 0.25) is 0 Å². The lowest BCUT2D eigenvalue weighted by Crippen LogP contribution is -2.26. The number of benzene rings is 3. The predicted molar refractivity (Wildman–Crippen MR) is 128 cm³/mol. The van der Waals surface area contributed by atoms with Crippen LogP contribution in [0.15, 0.2) is 89.7 Å². The molecule has 4 rings (SSSR count). The quantitative estimate of drug-likeness (QED) is 0.385. The van der Waals surface area contributed by atoms with E-state index in [1.165, 1.54) is 0 Å². The van der Waals surface area contributed by atoms with E-state index in [-0.39, 0.29) is 18.4 Å². The highest BCUT2D eigenvalue weighted by Crippen LogP contribution is 2.33. The molecule has 0 aliphatic carbocycles. The number of rotatable bonds is 7. The van der Waals surface area contributed by atoms with Crippen molar-refractivity contribution in [3.05, 3.63) is 101 Å². The number of halogens is 1. The van der Waals surface area contributed by atoms with Crippen LogP contribution in [0.3, 0.4) is 0 Å². The Morgan fingerprint density at radius 3 is 2.59 bits per heavy atom. The van der Waals surface area contributed by atoms with Gasteiger partial charge in [-0.2, -0.15) is 0 Å². The lowest BCUT2D eigenvalue weighted by Gasteiger charge is -2.13. The first kappa shape index (κ1) is 21.5. The number of para-hydroxylation sites is 1. The number of nitrogens with one attached hydrogen (secondary N) is 2. The van der Waals surface area contributed by atoms with Crippen LogP contribution in [-0.2, 0) is 11.3 Å². The van der Waals surface area contributed by atoms with Crippen molar-refractivity contribution in [1.29, 1.82) is 0 Å². The summed E-state index contributed by atoms with van der Waals surface area (Å²) in [5.74, 6) is -0.0816. The molecule has 2 amide bonds. The normalized spacial score (nSPS) is 10.5. The largest absolute Gasteiger partial charge is 0.483 e. The number of fused-ring (bicyclic) bond motifs is 1. The first-order valence-corrected chi connectivity index (χ1v) is 10.8. The fraction of sp³-hybridized carbons (Fsp3) is 0.0800. The zero-order chi connectivity index (χ0) is 22.3. The summed E-state index contributed by atoms with van der Waals surface area (Å²) < 4.78 is 6.51. The summed E-state index contributed by atoms with van der Waals surface area (Å²) >= 11 is 3.55. The van der Waals surface area contributed by atoms with Gasteiger partial charge in [-0.3, -0.25) is 14.6 Å². The van der Waals surface area contributed by atoms with Crippen LogP contribution in [0.2, 0.25) is 0 Å². The van der Waals surface area contributed by atoms with Gasteiger partial charge in [-0.1, -0.05) is 48.5 Å². The third kappa shape index (κ3) is 5.12. The number of hydrogen-bond donors (Lipinski definition) is 2. The van der Waals surface area contributed by atoms with E-state index >= 15 is 0 Å². The molecule has 160 valence electrons. The highest BCUT2D eigenvalue weighted by Gasteiger charge is 2.14. The minimum absolute atomic E-state index is 0.192. The number of amides is 2. The summed E-state index contributed by atoms with van der Waals surface area (Å²) in [6.07, 6.45) is 3.37. The van der Waals surface area contributed by atoms with Crippen LogP contribution in [0.4, 0.5) is 5.69 Å². The molecule has 7 heteroatoms. The van der Waals surface area contributed by atoms with E-state index in [4.69, 9.17) is 4.74 Å². The van der Waals surface area contributed by atoms with Gasteiger partial charge < -0.3 is 15.4 Å². The van der Waals surface area contributed by atoms with Crippen molar-refractivity contribution >= 4 is 44.2 Å². The fourth-order valence-electron chi connectivity index (χ4n) is 3.23. The summed E-state index contributed by atoms with van der Waals surface area (Å²) in [5, 5.41) is 7.68. The molecule has 1 aromatic heterocycles. The van der Waals surface area contributed by atoms with Gasteiger partial charge in [-0.15, -0.1) is 0 Å². The molecule has 0 aliphatic rings. The van der Waals surface area contributed by atoms with Crippen LogP contribution >= 0.6 is 15.9 Å². The number of aromatic nitrogens is 1.